The van der Waals surface area contributed by atoms with Crippen LogP contribution in [0.2, 0.25) is 0 Å². The molecule has 0 saturated heterocycles. The van der Waals surface area contributed by atoms with Crippen LogP contribution in [-0.2, 0) is 6.42 Å². The van der Waals surface area contributed by atoms with Gasteiger partial charge in [-0.3, -0.25) is 0 Å². The Hall–Kier alpha value is -0.970. The van der Waals surface area contributed by atoms with E-state index < -0.39 is 6.43 Å². The maximum Gasteiger partial charge on any atom is 0.297 e. The number of nitrogens with zero attached hydrogens (tertiary/aromatic N) is 1. The molecule has 0 saturated carbocycles. The van der Waals surface area contributed by atoms with Gasteiger partial charge in [0, 0.05) is 13.0 Å². The molecule has 0 aliphatic heterocycles. The van der Waals surface area contributed by atoms with E-state index in [0.717, 1.165) is 0 Å². The van der Waals surface area contributed by atoms with Gasteiger partial charge >= 0.3 is 0 Å². The molecule has 3 nitrogen and oxygen atoms in total. The maximum atomic E-state index is 12.2. The van der Waals surface area contributed by atoms with Gasteiger partial charge in [-0.05, 0) is 14.0 Å². The second kappa shape index (κ2) is 4.32. The average molecular weight is 190 g/mol. The molecule has 0 atom stereocenters. The number of aryl methyl sites for hydroxylation is 1. The first-order chi connectivity index (χ1) is 6.15. The van der Waals surface area contributed by atoms with Crippen LogP contribution in [0.5, 0.6) is 0 Å². The lowest BCUT2D eigenvalue weighted by Crippen LogP contribution is -2.10. The van der Waals surface area contributed by atoms with Crippen molar-refractivity contribution in [2.75, 3.05) is 13.6 Å². The molecule has 0 fully saturated rings. The van der Waals surface area contributed by atoms with E-state index in [4.69, 9.17) is 4.42 Å². The predicted octanol–water partition coefficient (Wildman–Crippen LogP) is 1.68. The summed E-state index contributed by atoms with van der Waals surface area (Å²) in [4.78, 5) is 3.88. The number of nitrogens with one attached hydrogen (secondary N) is 1. The minimum absolute atomic E-state index is 0.279. The summed E-state index contributed by atoms with van der Waals surface area (Å²) in [5.41, 5.74) is 0.279. The summed E-state index contributed by atoms with van der Waals surface area (Å²) >= 11 is 0. The fourth-order valence-electron chi connectivity index (χ4n) is 1.01. The minimum atomic E-state index is -2.57. The fourth-order valence-corrected chi connectivity index (χ4v) is 1.01. The van der Waals surface area contributed by atoms with Crippen molar-refractivity contribution in [3.05, 3.63) is 17.3 Å². The highest BCUT2D eigenvalue weighted by atomic mass is 19.3. The number of hydrogen-bond acceptors (Lipinski definition) is 3. The molecular formula is C8H12F2N2O. The summed E-state index contributed by atoms with van der Waals surface area (Å²) in [6.45, 7) is 2.19. The second-order valence-corrected chi connectivity index (χ2v) is 2.71. The van der Waals surface area contributed by atoms with E-state index >= 15 is 0 Å². The first kappa shape index (κ1) is 10.1. The molecule has 1 rings (SSSR count). The Morgan fingerprint density at radius 1 is 1.54 bits per heavy atom. The summed E-state index contributed by atoms with van der Waals surface area (Å²) in [6, 6.07) is 0. The summed E-state index contributed by atoms with van der Waals surface area (Å²) in [5.74, 6) is 0.0493. The Bertz CT molecular complexity index is 273. The van der Waals surface area contributed by atoms with Crippen molar-refractivity contribution in [2.24, 2.45) is 0 Å². The largest absolute Gasteiger partial charge is 0.439 e. The minimum Gasteiger partial charge on any atom is -0.439 e. The topological polar surface area (TPSA) is 38.1 Å². The molecular weight excluding hydrogens is 178 g/mol. The summed E-state index contributed by atoms with van der Waals surface area (Å²) in [6.07, 6.45) is -2.04. The lowest BCUT2D eigenvalue weighted by Gasteiger charge is -1.94. The summed E-state index contributed by atoms with van der Waals surface area (Å²) < 4.78 is 29.3. The normalized spacial score (nSPS) is 11.2. The van der Waals surface area contributed by atoms with E-state index in [1.807, 2.05) is 0 Å². The van der Waals surface area contributed by atoms with Crippen molar-refractivity contribution >= 4 is 0 Å². The van der Waals surface area contributed by atoms with Crippen LogP contribution in [-0.4, -0.2) is 18.6 Å². The highest BCUT2D eigenvalue weighted by Gasteiger charge is 2.17. The molecule has 0 aliphatic rings. The van der Waals surface area contributed by atoms with Gasteiger partial charge in [-0.15, -0.1) is 0 Å². The second-order valence-electron chi connectivity index (χ2n) is 2.71. The van der Waals surface area contributed by atoms with Crippen molar-refractivity contribution in [1.29, 1.82) is 0 Å². The van der Waals surface area contributed by atoms with Crippen LogP contribution in [0, 0.1) is 6.92 Å². The van der Waals surface area contributed by atoms with Gasteiger partial charge < -0.3 is 9.73 Å². The number of hydrogen-bond donors (Lipinski definition) is 1. The van der Waals surface area contributed by atoms with Crippen LogP contribution in [0.25, 0.3) is 0 Å². The van der Waals surface area contributed by atoms with Gasteiger partial charge in [0.15, 0.2) is 11.7 Å². The molecule has 13 heavy (non-hydrogen) atoms. The molecule has 1 heterocycles. The standard InChI is InChI=1S/C8H12F2N2O/c1-5-7(8(9)10)13-6(12-5)3-4-11-2/h8,11H,3-4H2,1-2H3. The first-order valence-electron chi connectivity index (χ1n) is 4.04. The smallest absolute Gasteiger partial charge is 0.297 e. The molecule has 0 amide bonds. The third kappa shape index (κ3) is 2.48. The zero-order valence-electron chi connectivity index (χ0n) is 7.60. The Morgan fingerprint density at radius 2 is 2.23 bits per heavy atom. The molecule has 0 aliphatic carbocycles. The number of likely N-dealkylation sites (N-methyl/N-ethyl adjacent to an activating group) is 1. The molecule has 1 aromatic heterocycles. The van der Waals surface area contributed by atoms with E-state index in [2.05, 4.69) is 10.3 Å². The van der Waals surface area contributed by atoms with Gasteiger partial charge in [-0.1, -0.05) is 0 Å². The number of alkyl halides is 2. The Morgan fingerprint density at radius 3 is 2.69 bits per heavy atom. The van der Waals surface area contributed by atoms with Crippen molar-refractivity contribution < 1.29 is 13.2 Å². The predicted molar refractivity (Wildman–Crippen MR) is 43.8 cm³/mol. The molecule has 74 valence electrons. The molecule has 1 N–H and O–H groups in total. The molecule has 0 aromatic carbocycles. The third-order valence-corrected chi connectivity index (χ3v) is 1.66. The van der Waals surface area contributed by atoms with Gasteiger partial charge in [-0.2, -0.15) is 0 Å². The lowest BCUT2D eigenvalue weighted by atomic mass is 10.4. The molecule has 0 spiro atoms. The first-order valence-corrected chi connectivity index (χ1v) is 4.04. The highest BCUT2D eigenvalue weighted by Crippen LogP contribution is 2.23. The summed E-state index contributed by atoms with van der Waals surface area (Å²) in [7, 11) is 1.78. The molecule has 0 bridgehead atoms. The fraction of sp³-hybridized carbons (Fsp3) is 0.625. The zero-order valence-corrected chi connectivity index (χ0v) is 7.60. The van der Waals surface area contributed by atoms with Crippen LogP contribution < -0.4 is 5.32 Å². The van der Waals surface area contributed by atoms with Crippen LogP contribution in [0.15, 0.2) is 4.42 Å². The Labute approximate surface area is 75.2 Å². The maximum absolute atomic E-state index is 12.2. The van der Waals surface area contributed by atoms with E-state index in [1.54, 1.807) is 7.05 Å². The van der Waals surface area contributed by atoms with Crippen molar-refractivity contribution in [3.8, 4) is 0 Å². The van der Waals surface area contributed by atoms with Crippen molar-refractivity contribution in [3.63, 3.8) is 0 Å². The Kier molecular flexibility index (Phi) is 3.36. The van der Waals surface area contributed by atoms with Gasteiger partial charge in [0.25, 0.3) is 6.43 Å². The Balaban J connectivity index is 2.71. The van der Waals surface area contributed by atoms with Crippen LogP contribution in [0.3, 0.4) is 0 Å². The van der Waals surface area contributed by atoms with Gasteiger partial charge in [-0.25, -0.2) is 13.8 Å². The monoisotopic (exact) mass is 190 g/mol. The van der Waals surface area contributed by atoms with Crippen molar-refractivity contribution in [2.45, 2.75) is 19.8 Å². The van der Waals surface area contributed by atoms with Gasteiger partial charge in [0.2, 0.25) is 0 Å². The molecule has 0 radical (unpaired) electrons. The van der Waals surface area contributed by atoms with Crippen LogP contribution >= 0.6 is 0 Å². The van der Waals surface area contributed by atoms with E-state index in [1.165, 1.54) is 6.92 Å². The number of oxazole rings is 1. The van der Waals surface area contributed by atoms with Crippen LogP contribution in [0.4, 0.5) is 8.78 Å². The average Bonchev–Trinajstić information content (AvgIpc) is 2.43. The summed E-state index contributed by atoms with van der Waals surface area (Å²) in [5, 5.41) is 2.89. The number of aromatic nitrogens is 1. The van der Waals surface area contributed by atoms with Crippen molar-refractivity contribution in [1.82, 2.24) is 10.3 Å². The lowest BCUT2D eigenvalue weighted by molar-refractivity contribution is 0.119. The number of halogens is 2. The zero-order chi connectivity index (χ0) is 9.84. The third-order valence-electron chi connectivity index (χ3n) is 1.66. The van der Waals surface area contributed by atoms with Gasteiger partial charge in [0.05, 0.1) is 5.69 Å². The molecule has 0 unspecified atom stereocenters. The van der Waals surface area contributed by atoms with E-state index in [9.17, 15) is 8.78 Å². The molecule has 5 heteroatoms. The molecule has 1 aromatic rings. The highest BCUT2D eigenvalue weighted by molar-refractivity contribution is 5.09. The van der Waals surface area contributed by atoms with E-state index in [-0.39, 0.29) is 11.5 Å². The quantitative estimate of drug-likeness (QED) is 0.785. The van der Waals surface area contributed by atoms with E-state index in [0.29, 0.717) is 18.9 Å². The SMILES string of the molecule is CNCCc1nc(C)c(C(F)F)o1. The van der Waals surface area contributed by atoms with Crippen LogP contribution in [0.1, 0.15) is 23.8 Å². The number of rotatable bonds is 4. The van der Waals surface area contributed by atoms with Gasteiger partial charge in [0.1, 0.15) is 0 Å².